The molecule has 1 aliphatic heterocycles. The van der Waals surface area contributed by atoms with E-state index in [4.69, 9.17) is 0 Å². The molecule has 0 aromatic heterocycles. The standard InChI is InChI=1S/C18H21NO2Si/c1-22(2,3)13-19-17(20)15-11-7-8-12-16(15)18(19,21)14-9-5-4-6-10-14/h4-12,21H,13H2,1-3H3/t18-/m0/s1. The van der Waals surface area contributed by atoms with E-state index in [0.29, 0.717) is 17.3 Å². The van der Waals surface area contributed by atoms with Crippen LogP contribution in [0.1, 0.15) is 21.5 Å². The van der Waals surface area contributed by atoms with Gasteiger partial charge < -0.3 is 10.0 Å². The van der Waals surface area contributed by atoms with Gasteiger partial charge in [0.15, 0.2) is 5.72 Å². The van der Waals surface area contributed by atoms with Crippen molar-refractivity contribution in [2.75, 3.05) is 6.17 Å². The van der Waals surface area contributed by atoms with Gasteiger partial charge >= 0.3 is 0 Å². The van der Waals surface area contributed by atoms with E-state index in [1.807, 2.05) is 48.5 Å². The summed E-state index contributed by atoms with van der Waals surface area (Å²) in [6.07, 6.45) is 0.617. The van der Waals surface area contributed by atoms with Crippen LogP contribution in [0.5, 0.6) is 0 Å². The monoisotopic (exact) mass is 311 g/mol. The molecule has 2 aromatic carbocycles. The smallest absolute Gasteiger partial charge is 0.256 e. The number of hydrogen-bond acceptors (Lipinski definition) is 2. The van der Waals surface area contributed by atoms with Crippen LogP contribution in [-0.4, -0.2) is 30.2 Å². The number of aliphatic hydroxyl groups is 1. The second-order valence-corrected chi connectivity index (χ2v) is 12.5. The van der Waals surface area contributed by atoms with E-state index < -0.39 is 13.8 Å². The zero-order chi connectivity index (χ0) is 16.0. The molecule has 4 heteroatoms. The van der Waals surface area contributed by atoms with Crippen molar-refractivity contribution >= 4 is 14.0 Å². The Morgan fingerprint density at radius 1 is 1.00 bits per heavy atom. The molecule has 114 valence electrons. The van der Waals surface area contributed by atoms with Crippen molar-refractivity contribution in [3.05, 3.63) is 71.3 Å². The fourth-order valence-corrected chi connectivity index (χ4v) is 4.37. The maximum atomic E-state index is 12.9. The van der Waals surface area contributed by atoms with Gasteiger partial charge in [-0.1, -0.05) is 68.2 Å². The first kappa shape index (κ1) is 15.0. The van der Waals surface area contributed by atoms with Crippen LogP contribution in [-0.2, 0) is 5.72 Å². The summed E-state index contributed by atoms with van der Waals surface area (Å²) in [4.78, 5) is 14.5. The zero-order valence-corrected chi connectivity index (χ0v) is 14.2. The lowest BCUT2D eigenvalue weighted by Gasteiger charge is -2.38. The Morgan fingerprint density at radius 3 is 2.23 bits per heavy atom. The van der Waals surface area contributed by atoms with Crippen molar-refractivity contribution in [3.8, 4) is 0 Å². The van der Waals surface area contributed by atoms with Crippen molar-refractivity contribution < 1.29 is 9.90 Å². The molecule has 0 radical (unpaired) electrons. The average molecular weight is 311 g/mol. The number of fused-ring (bicyclic) bond motifs is 1. The molecule has 0 saturated carbocycles. The zero-order valence-electron chi connectivity index (χ0n) is 13.2. The molecule has 22 heavy (non-hydrogen) atoms. The summed E-state index contributed by atoms with van der Waals surface area (Å²) in [5.41, 5.74) is 0.665. The molecular formula is C18H21NO2Si. The van der Waals surface area contributed by atoms with Crippen LogP contribution in [0.25, 0.3) is 0 Å². The average Bonchev–Trinajstić information content (AvgIpc) is 2.70. The van der Waals surface area contributed by atoms with Crippen LogP contribution in [0, 0.1) is 0 Å². The summed E-state index contributed by atoms with van der Waals surface area (Å²) in [5.74, 6) is -0.0793. The Kier molecular flexibility index (Phi) is 3.46. The van der Waals surface area contributed by atoms with Crippen LogP contribution in [0.15, 0.2) is 54.6 Å². The van der Waals surface area contributed by atoms with E-state index in [0.717, 1.165) is 5.56 Å². The number of amides is 1. The first-order valence-electron chi connectivity index (χ1n) is 7.53. The van der Waals surface area contributed by atoms with Gasteiger partial charge in [-0.2, -0.15) is 0 Å². The normalized spacial score (nSPS) is 21.1. The molecule has 1 aliphatic rings. The summed E-state index contributed by atoms with van der Waals surface area (Å²) in [6.45, 7) is 6.61. The molecular weight excluding hydrogens is 290 g/mol. The highest BCUT2D eigenvalue weighted by Crippen LogP contribution is 2.42. The number of benzene rings is 2. The minimum atomic E-state index is -1.58. The third kappa shape index (κ3) is 2.28. The highest BCUT2D eigenvalue weighted by molar-refractivity contribution is 6.76. The molecule has 3 nitrogen and oxygen atoms in total. The van der Waals surface area contributed by atoms with Gasteiger partial charge in [0.05, 0.1) is 8.07 Å². The molecule has 3 rings (SSSR count). The molecule has 0 aliphatic carbocycles. The maximum Gasteiger partial charge on any atom is 0.256 e. The van der Waals surface area contributed by atoms with Crippen molar-refractivity contribution in [3.63, 3.8) is 0 Å². The summed E-state index contributed by atoms with van der Waals surface area (Å²) in [7, 11) is -1.58. The van der Waals surface area contributed by atoms with Gasteiger partial charge in [-0.15, -0.1) is 0 Å². The SMILES string of the molecule is C[Si](C)(C)CN1C(=O)c2ccccc2[C@@]1(O)c1ccccc1. The molecule has 0 saturated heterocycles. The Morgan fingerprint density at radius 2 is 1.59 bits per heavy atom. The Hall–Kier alpha value is -1.91. The molecule has 1 heterocycles. The van der Waals surface area contributed by atoms with E-state index in [1.54, 1.807) is 11.0 Å². The molecule has 2 aromatic rings. The van der Waals surface area contributed by atoms with E-state index in [-0.39, 0.29) is 5.91 Å². The highest BCUT2D eigenvalue weighted by atomic mass is 28.3. The Balaban J connectivity index is 2.20. The van der Waals surface area contributed by atoms with E-state index >= 15 is 0 Å². The highest BCUT2D eigenvalue weighted by Gasteiger charge is 2.50. The third-order valence-electron chi connectivity index (χ3n) is 3.98. The summed E-state index contributed by atoms with van der Waals surface area (Å²) in [6, 6.07) is 16.8. The lowest BCUT2D eigenvalue weighted by atomic mass is 9.94. The predicted molar refractivity (Wildman–Crippen MR) is 90.3 cm³/mol. The lowest BCUT2D eigenvalue weighted by Crippen LogP contribution is -2.51. The van der Waals surface area contributed by atoms with Crippen LogP contribution in [0.4, 0.5) is 0 Å². The number of hydrogen-bond donors (Lipinski definition) is 1. The Labute approximate surface area is 132 Å². The molecule has 1 atom stereocenters. The first-order chi connectivity index (χ1) is 10.3. The molecule has 0 unspecified atom stereocenters. The Bertz CT molecular complexity index is 709. The summed E-state index contributed by atoms with van der Waals surface area (Å²) < 4.78 is 0. The number of rotatable bonds is 3. The van der Waals surface area contributed by atoms with Gasteiger partial charge in [-0.3, -0.25) is 4.79 Å². The number of nitrogens with zero attached hydrogens (tertiary/aromatic N) is 1. The predicted octanol–water partition coefficient (Wildman–Crippen LogP) is 3.21. The second-order valence-electron chi connectivity index (χ2n) is 7.04. The molecule has 0 bridgehead atoms. The van der Waals surface area contributed by atoms with Gasteiger partial charge in [0.2, 0.25) is 0 Å². The summed E-state index contributed by atoms with van der Waals surface area (Å²) in [5, 5.41) is 11.5. The largest absolute Gasteiger partial charge is 0.363 e. The van der Waals surface area contributed by atoms with Crippen LogP contribution >= 0.6 is 0 Å². The lowest BCUT2D eigenvalue weighted by molar-refractivity contribution is -0.0422. The third-order valence-corrected chi connectivity index (χ3v) is 5.24. The first-order valence-corrected chi connectivity index (χ1v) is 11.2. The molecule has 1 N–H and O–H groups in total. The van der Waals surface area contributed by atoms with Crippen molar-refractivity contribution in [1.29, 1.82) is 0 Å². The van der Waals surface area contributed by atoms with Gasteiger partial charge in [0, 0.05) is 22.9 Å². The quantitative estimate of drug-likeness (QED) is 0.884. The van der Waals surface area contributed by atoms with E-state index in [9.17, 15) is 9.90 Å². The minimum absolute atomic E-state index is 0.0793. The second kappa shape index (κ2) is 5.07. The maximum absolute atomic E-state index is 12.9. The topological polar surface area (TPSA) is 40.5 Å². The van der Waals surface area contributed by atoms with Gasteiger partial charge in [0.1, 0.15) is 0 Å². The fraction of sp³-hybridized carbons (Fsp3) is 0.278. The van der Waals surface area contributed by atoms with Crippen molar-refractivity contribution in [2.45, 2.75) is 25.4 Å². The van der Waals surface area contributed by atoms with Crippen LogP contribution in [0.2, 0.25) is 19.6 Å². The van der Waals surface area contributed by atoms with Gasteiger partial charge in [-0.05, 0) is 6.07 Å². The summed E-state index contributed by atoms with van der Waals surface area (Å²) >= 11 is 0. The number of carbonyl (C=O) groups is 1. The van der Waals surface area contributed by atoms with Gasteiger partial charge in [0.25, 0.3) is 5.91 Å². The van der Waals surface area contributed by atoms with E-state index in [1.165, 1.54) is 0 Å². The van der Waals surface area contributed by atoms with Crippen molar-refractivity contribution in [1.82, 2.24) is 4.90 Å². The van der Waals surface area contributed by atoms with Crippen LogP contribution in [0.3, 0.4) is 0 Å². The minimum Gasteiger partial charge on any atom is -0.363 e. The molecule has 1 amide bonds. The molecule has 0 fully saturated rings. The van der Waals surface area contributed by atoms with Crippen molar-refractivity contribution in [2.24, 2.45) is 0 Å². The van der Waals surface area contributed by atoms with E-state index in [2.05, 4.69) is 19.6 Å². The fourth-order valence-electron chi connectivity index (χ4n) is 3.05. The molecule has 0 spiro atoms. The van der Waals surface area contributed by atoms with Crippen LogP contribution < -0.4 is 0 Å². The van der Waals surface area contributed by atoms with Gasteiger partial charge in [-0.25, -0.2) is 0 Å². The number of carbonyl (C=O) groups excluding carboxylic acids is 1.